The molecule has 1 aromatic heterocycles. The Kier molecular flexibility index (Phi) is 2.86. The normalized spacial score (nSPS) is 10.2. The molecule has 0 unspecified atom stereocenters. The van der Waals surface area contributed by atoms with Gasteiger partial charge in [0, 0.05) is 4.88 Å². The van der Waals surface area contributed by atoms with Crippen molar-refractivity contribution < 1.29 is 4.84 Å². The van der Waals surface area contributed by atoms with Crippen LogP contribution >= 0.6 is 11.3 Å². The average molecular weight is 157 g/mol. The molecule has 10 heavy (non-hydrogen) atoms. The van der Waals surface area contributed by atoms with E-state index in [9.17, 15) is 0 Å². The van der Waals surface area contributed by atoms with E-state index in [-0.39, 0.29) is 0 Å². The fraction of sp³-hybridized carbons (Fsp3) is 0.429. The molecule has 0 saturated carbocycles. The number of hydrogen-bond donors (Lipinski definition) is 1. The Bertz CT molecular complexity index is 197. The van der Waals surface area contributed by atoms with Gasteiger partial charge in [0.2, 0.25) is 0 Å². The van der Waals surface area contributed by atoms with Gasteiger partial charge in [-0.3, -0.25) is 4.84 Å². The molecule has 1 heterocycles. The molecule has 1 aromatic rings. The quantitative estimate of drug-likeness (QED) is 0.678. The fourth-order valence-electron chi connectivity index (χ4n) is 0.896. The first-order valence-corrected chi connectivity index (χ1v) is 4.13. The zero-order valence-corrected chi connectivity index (χ0v) is 6.78. The number of nitrogens with two attached hydrogens (primary N) is 1. The molecule has 2 nitrogen and oxygen atoms in total. The monoisotopic (exact) mass is 157 g/mol. The summed E-state index contributed by atoms with van der Waals surface area (Å²) in [6, 6.07) is 2.05. The van der Waals surface area contributed by atoms with Crippen LogP contribution in [0.25, 0.3) is 0 Å². The minimum absolute atomic E-state index is 0.534. The van der Waals surface area contributed by atoms with Crippen molar-refractivity contribution in [2.24, 2.45) is 5.90 Å². The summed E-state index contributed by atoms with van der Waals surface area (Å²) in [5.74, 6) is 4.95. The maximum atomic E-state index is 4.95. The molecule has 0 fully saturated rings. The molecule has 1 rings (SSSR count). The van der Waals surface area contributed by atoms with Crippen LogP contribution in [-0.4, -0.2) is 0 Å². The molecule has 0 spiro atoms. The van der Waals surface area contributed by atoms with Gasteiger partial charge < -0.3 is 0 Å². The third-order valence-electron chi connectivity index (χ3n) is 1.40. The van der Waals surface area contributed by atoms with Crippen molar-refractivity contribution in [3.05, 3.63) is 21.9 Å². The van der Waals surface area contributed by atoms with Gasteiger partial charge in [-0.05, 0) is 23.4 Å². The Hall–Kier alpha value is -0.380. The summed E-state index contributed by atoms with van der Waals surface area (Å²) in [5, 5.41) is 2.06. The van der Waals surface area contributed by atoms with Crippen molar-refractivity contribution in [1.29, 1.82) is 0 Å². The van der Waals surface area contributed by atoms with E-state index in [1.807, 2.05) is 0 Å². The van der Waals surface area contributed by atoms with Crippen LogP contribution in [0, 0.1) is 0 Å². The van der Waals surface area contributed by atoms with E-state index in [1.165, 1.54) is 10.4 Å². The first-order chi connectivity index (χ1) is 4.88. The highest BCUT2D eigenvalue weighted by Gasteiger charge is 1.99. The molecule has 0 aromatic carbocycles. The van der Waals surface area contributed by atoms with Crippen LogP contribution in [0.2, 0.25) is 0 Å². The summed E-state index contributed by atoms with van der Waals surface area (Å²) in [5.41, 5.74) is 1.22. The Morgan fingerprint density at radius 3 is 3.10 bits per heavy atom. The smallest absolute Gasteiger partial charge is 0.0940 e. The Morgan fingerprint density at radius 1 is 1.70 bits per heavy atom. The van der Waals surface area contributed by atoms with Crippen molar-refractivity contribution in [2.75, 3.05) is 0 Å². The lowest BCUT2D eigenvalue weighted by molar-refractivity contribution is 0.124. The van der Waals surface area contributed by atoms with Gasteiger partial charge in [-0.2, -0.15) is 0 Å². The van der Waals surface area contributed by atoms with E-state index in [0.717, 1.165) is 6.42 Å². The molecule has 0 radical (unpaired) electrons. The van der Waals surface area contributed by atoms with E-state index in [2.05, 4.69) is 23.2 Å². The summed E-state index contributed by atoms with van der Waals surface area (Å²) in [7, 11) is 0. The summed E-state index contributed by atoms with van der Waals surface area (Å²) in [6.07, 6.45) is 1.07. The molecule has 0 amide bonds. The minimum atomic E-state index is 0.534. The Morgan fingerprint density at radius 2 is 2.50 bits per heavy atom. The zero-order chi connectivity index (χ0) is 7.40. The van der Waals surface area contributed by atoms with Gasteiger partial charge in [0.1, 0.15) is 0 Å². The van der Waals surface area contributed by atoms with Gasteiger partial charge in [0.15, 0.2) is 0 Å². The second-order valence-electron chi connectivity index (χ2n) is 2.03. The van der Waals surface area contributed by atoms with Crippen LogP contribution in [0.4, 0.5) is 0 Å². The highest BCUT2D eigenvalue weighted by Crippen LogP contribution is 2.17. The van der Waals surface area contributed by atoms with E-state index < -0.39 is 0 Å². The standard InChI is InChI=1S/C7H11NOS/c1-2-7-6(5-9-8)3-4-10-7/h3-4H,2,5,8H2,1H3. The van der Waals surface area contributed by atoms with Crippen molar-refractivity contribution in [1.82, 2.24) is 0 Å². The first-order valence-electron chi connectivity index (χ1n) is 3.25. The molecular weight excluding hydrogens is 146 g/mol. The van der Waals surface area contributed by atoms with Crippen molar-refractivity contribution in [3.8, 4) is 0 Å². The Balaban J connectivity index is 2.70. The minimum Gasteiger partial charge on any atom is -0.300 e. The van der Waals surface area contributed by atoms with E-state index in [0.29, 0.717) is 6.61 Å². The number of hydrogen-bond acceptors (Lipinski definition) is 3. The second kappa shape index (κ2) is 3.71. The first kappa shape index (κ1) is 7.72. The molecule has 56 valence electrons. The van der Waals surface area contributed by atoms with Crippen LogP contribution in [0.15, 0.2) is 11.4 Å². The third kappa shape index (κ3) is 1.56. The second-order valence-corrected chi connectivity index (χ2v) is 3.03. The molecule has 0 aliphatic heterocycles. The van der Waals surface area contributed by atoms with Crippen LogP contribution in [0.1, 0.15) is 17.4 Å². The summed E-state index contributed by atoms with van der Waals surface area (Å²) in [6.45, 7) is 2.67. The molecule has 0 aliphatic rings. The van der Waals surface area contributed by atoms with Gasteiger partial charge in [-0.1, -0.05) is 6.92 Å². The summed E-state index contributed by atoms with van der Waals surface area (Å²) < 4.78 is 0. The van der Waals surface area contributed by atoms with Crippen LogP contribution in [0.3, 0.4) is 0 Å². The van der Waals surface area contributed by atoms with Crippen LogP contribution < -0.4 is 5.90 Å². The predicted molar refractivity (Wildman–Crippen MR) is 42.7 cm³/mol. The lowest BCUT2D eigenvalue weighted by Gasteiger charge is -1.96. The molecule has 0 aliphatic carbocycles. The van der Waals surface area contributed by atoms with E-state index >= 15 is 0 Å². The lowest BCUT2D eigenvalue weighted by atomic mass is 10.2. The predicted octanol–water partition coefficient (Wildman–Crippen LogP) is 1.70. The largest absolute Gasteiger partial charge is 0.300 e. The zero-order valence-electron chi connectivity index (χ0n) is 5.96. The lowest BCUT2D eigenvalue weighted by Crippen LogP contribution is -1.99. The van der Waals surface area contributed by atoms with Gasteiger partial charge in [0.05, 0.1) is 6.61 Å². The molecule has 3 heteroatoms. The van der Waals surface area contributed by atoms with Crippen molar-refractivity contribution >= 4 is 11.3 Å². The topological polar surface area (TPSA) is 35.2 Å². The number of thiophene rings is 1. The third-order valence-corrected chi connectivity index (χ3v) is 2.51. The van der Waals surface area contributed by atoms with Crippen molar-refractivity contribution in [3.63, 3.8) is 0 Å². The van der Waals surface area contributed by atoms with Gasteiger partial charge in [-0.15, -0.1) is 11.3 Å². The fourth-order valence-corrected chi connectivity index (χ4v) is 1.74. The van der Waals surface area contributed by atoms with Gasteiger partial charge in [0.25, 0.3) is 0 Å². The molecule has 0 bridgehead atoms. The highest BCUT2D eigenvalue weighted by molar-refractivity contribution is 7.10. The molecule has 2 N–H and O–H groups in total. The SMILES string of the molecule is CCc1sccc1CON. The van der Waals surface area contributed by atoms with Gasteiger partial charge in [-0.25, -0.2) is 5.90 Å². The summed E-state index contributed by atoms with van der Waals surface area (Å²) >= 11 is 1.75. The Labute approximate surface area is 64.6 Å². The van der Waals surface area contributed by atoms with E-state index in [1.54, 1.807) is 11.3 Å². The molecule has 0 saturated heterocycles. The van der Waals surface area contributed by atoms with Gasteiger partial charge >= 0.3 is 0 Å². The number of rotatable bonds is 3. The van der Waals surface area contributed by atoms with Crippen molar-refractivity contribution in [2.45, 2.75) is 20.0 Å². The molecule has 0 atom stereocenters. The molecular formula is C7H11NOS. The number of aryl methyl sites for hydroxylation is 1. The maximum Gasteiger partial charge on any atom is 0.0940 e. The van der Waals surface area contributed by atoms with E-state index in [4.69, 9.17) is 5.90 Å². The highest BCUT2D eigenvalue weighted by atomic mass is 32.1. The van der Waals surface area contributed by atoms with Crippen LogP contribution in [-0.2, 0) is 17.9 Å². The van der Waals surface area contributed by atoms with Crippen LogP contribution in [0.5, 0.6) is 0 Å². The summed E-state index contributed by atoms with van der Waals surface area (Å²) in [4.78, 5) is 5.90. The maximum absolute atomic E-state index is 4.95. The average Bonchev–Trinajstić information content (AvgIpc) is 2.36.